The highest BCUT2D eigenvalue weighted by molar-refractivity contribution is 6.58. The molecule has 0 aromatic rings. The first-order chi connectivity index (χ1) is 5.08. The molecule has 0 bridgehead atoms. The maximum absolute atomic E-state index is 11.8. The van der Waals surface area contributed by atoms with Crippen LogP contribution in [0.1, 0.15) is 0 Å². The summed E-state index contributed by atoms with van der Waals surface area (Å²) in [7, 11) is 0. The average molecular weight is 167 g/mol. The average Bonchev–Trinajstić information content (AvgIpc) is 1.85. The summed E-state index contributed by atoms with van der Waals surface area (Å²) in [6, 6.07) is 0. The van der Waals surface area contributed by atoms with E-state index in [0.29, 0.717) is 26.2 Å². The number of halogens is 3. The highest BCUT2D eigenvalue weighted by atomic mass is 19.4. The molecular weight excluding hydrogens is 156 g/mol. The van der Waals surface area contributed by atoms with Crippen molar-refractivity contribution in [2.45, 2.75) is 0 Å². The van der Waals surface area contributed by atoms with E-state index in [2.05, 4.69) is 5.32 Å². The van der Waals surface area contributed by atoms with Crippen LogP contribution in [-0.2, 0) is 0 Å². The SMILES string of the molecule is F[B-](F)(F)CN1CCNCC1. The number of piperazine rings is 1. The van der Waals surface area contributed by atoms with Gasteiger partial charge in [0.05, 0.1) is 0 Å². The first-order valence-corrected chi connectivity index (χ1v) is 3.72. The minimum atomic E-state index is -4.63. The Hall–Kier alpha value is -0.225. The summed E-state index contributed by atoms with van der Waals surface area (Å²) in [6.07, 6.45) is -0.707. The third-order valence-corrected chi connectivity index (χ3v) is 1.67. The molecular formula is C5H11BF3N2-. The fourth-order valence-corrected chi connectivity index (χ4v) is 1.19. The first-order valence-electron chi connectivity index (χ1n) is 3.72. The normalized spacial score (nSPS) is 22.1. The molecule has 0 spiro atoms. The van der Waals surface area contributed by atoms with Crippen LogP contribution in [-0.4, -0.2) is 44.5 Å². The number of rotatable bonds is 2. The van der Waals surface area contributed by atoms with Crippen LogP contribution in [0.4, 0.5) is 12.9 Å². The molecule has 11 heavy (non-hydrogen) atoms. The fraction of sp³-hybridized carbons (Fsp3) is 1.00. The van der Waals surface area contributed by atoms with Gasteiger partial charge in [0.15, 0.2) is 0 Å². The number of hydrogen-bond donors (Lipinski definition) is 1. The molecule has 1 N–H and O–H groups in total. The van der Waals surface area contributed by atoms with Crippen molar-refractivity contribution < 1.29 is 12.9 Å². The number of nitrogens with zero attached hydrogens (tertiary/aromatic N) is 1. The summed E-state index contributed by atoms with van der Waals surface area (Å²) < 4.78 is 35.5. The molecule has 0 aromatic carbocycles. The van der Waals surface area contributed by atoms with Crippen LogP contribution >= 0.6 is 0 Å². The Morgan fingerprint density at radius 3 is 2.18 bits per heavy atom. The molecule has 0 aromatic heterocycles. The summed E-state index contributed by atoms with van der Waals surface area (Å²) in [5.41, 5.74) is 0. The predicted octanol–water partition coefficient (Wildman–Crippen LogP) is 0.278. The van der Waals surface area contributed by atoms with E-state index in [1.807, 2.05) is 0 Å². The molecule has 1 fully saturated rings. The van der Waals surface area contributed by atoms with E-state index >= 15 is 0 Å². The lowest BCUT2D eigenvalue weighted by molar-refractivity contribution is 0.248. The van der Waals surface area contributed by atoms with Crippen molar-refractivity contribution in [2.24, 2.45) is 0 Å². The molecule has 1 rings (SSSR count). The molecule has 1 saturated heterocycles. The standard InChI is InChI=1S/C5H11BF3N2/c7-6(8,9)5-11-3-1-10-2-4-11/h10H,1-5H2/q-1. The fourth-order valence-electron chi connectivity index (χ4n) is 1.19. The van der Waals surface area contributed by atoms with Crippen LogP contribution in [0, 0.1) is 0 Å². The zero-order valence-corrected chi connectivity index (χ0v) is 6.19. The third-order valence-electron chi connectivity index (χ3n) is 1.67. The second-order valence-corrected chi connectivity index (χ2v) is 2.76. The van der Waals surface area contributed by atoms with Gasteiger partial charge in [-0.1, -0.05) is 0 Å². The van der Waals surface area contributed by atoms with Crippen LogP contribution in [0.2, 0.25) is 0 Å². The van der Waals surface area contributed by atoms with E-state index < -0.39 is 13.4 Å². The molecule has 0 saturated carbocycles. The predicted molar refractivity (Wildman–Crippen MR) is 38.4 cm³/mol. The monoisotopic (exact) mass is 167 g/mol. The largest absolute Gasteiger partial charge is 0.492 e. The van der Waals surface area contributed by atoms with Gasteiger partial charge in [-0.25, -0.2) is 0 Å². The van der Waals surface area contributed by atoms with Gasteiger partial charge in [-0.3, -0.25) is 0 Å². The molecule has 0 radical (unpaired) electrons. The smallest absolute Gasteiger partial charge is 0.448 e. The van der Waals surface area contributed by atoms with E-state index in [1.54, 1.807) is 0 Å². The highest BCUT2D eigenvalue weighted by Crippen LogP contribution is 2.10. The van der Waals surface area contributed by atoms with Gasteiger partial charge in [-0.05, 0) is 6.44 Å². The Morgan fingerprint density at radius 1 is 1.18 bits per heavy atom. The highest BCUT2D eigenvalue weighted by Gasteiger charge is 2.26. The molecule has 6 heteroatoms. The van der Waals surface area contributed by atoms with Gasteiger partial charge in [-0.15, -0.1) is 0 Å². The Kier molecular flexibility index (Phi) is 2.78. The van der Waals surface area contributed by atoms with E-state index in [0.717, 1.165) is 0 Å². The molecule has 1 aliphatic heterocycles. The third kappa shape index (κ3) is 3.62. The lowest BCUT2D eigenvalue weighted by atomic mass is 9.91. The Morgan fingerprint density at radius 2 is 1.73 bits per heavy atom. The summed E-state index contributed by atoms with van der Waals surface area (Å²) in [5.74, 6) is 0. The maximum atomic E-state index is 11.8. The van der Waals surface area contributed by atoms with Crippen LogP contribution in [0.15, 0.2) is 0 Å². The van der Waals surface area contributed by atoms with E-state index in [4.69, 9.17) is 0 Å². The Labute approximate surface area is 63.8 Å². The minimum absolute atomic E-state index is 0.515. The number of nitrogens with one attached hydrogen (secondary N) is 1. The van der Waals surface area contributed by atoms with Crippen molar-refractivity contribution in [3.63, 3.8) is 0 Å². The van der Waals surface area contributed by atoms with Crippen molar-refractivity contribution in [3.8, 4) is 0 Å². The summed E-state index contributed by atoms with van der Waals surface area (Å²) in [5, 5.41) is 3.00. The molecule has 1 aliphatic rings. The van der Waals surface area contributed by atoms with Crippen LogP contribution in [0.5, 0.6) is 0 Å². The number of hydrogen-bond acceptors (Lipinski definition) is 2. The van der Waals surface area contributed by atoms with E-state index in [9.17, 15) is 12.9 Å². The van der Waals surface area contributed by atoms with Gasteiger partial charge >= 0.3 is 6.98 Å². The van der Waals surface area contributed by atoms with E-state index in [-0.39, 0.29) is 0 Å². The summed E-state index contributed by atoms with van der Waals surface area (Å²) >= 11 is 0. The lowest BCUT2D eigenvalue weighted by Crippen LogP contribution is -2.48. The van der Waals surface area contributed by atoms with E-state index in [1.165, 1.54) is 4.90 Å². The lowest BCUT2D eigenvalue weighted by Gasteiger charge is -2.31. The van der Waals surface area contributed by atoms with Gasteiger partial charge in [0.2, 0.25) is 0 Å². The molecule has 0 amide bonds. The molecule has 2 nitrogen and oxygen atoms in total. The van der Waals surface area contributed by atoms with Gasteiger partial charge in [0, 0.05) is 26.2 Å². The minimum Gasteiger partial charge on any atom is -0.448 e. The summed E-state index contributed by atoms with van der Waals surface area (Å²) in [4.78, 5) is 1.44. The van der Waals surface area contributed by atoms with Crippen molar-refractivity contribution in [1.82, 2.24) is 10.2 Å². The van der Waals surface area contributed by atoms with Gasteiger partial charge in [-0.2, -0.15) is 0 Å². The molecule has 0 atom stereocenters. The quantitative estimate of drug-likeness (QED) is 0.594. The molecule has 0 unspecified atom stereocenters. The van der Waals surface area contributed by atoms with Gasteiger partial charge < -0.3 is 23.2 Å². The zero-order valence-electron chi connectivity index (χ0n) is 6.19. The van der Waals surface area contributed by atoms with Crippen molar-refractivity contribution in [3.05, 3.63) is 0 Å². The maximum Gasteiger partial charge on any atom is 0.492 e. The van der Waals surface area contributed by atoms with Crippen molar-refractivity contribution in [2.75, 3.05) is 32.6 Å². The second kappa shape index (κ2) is 3.45. The first kappa shape index (κ1) is 8.87. The zero-order chi connectivity index (χ0) is 8.32. The topological polar surface area (TPSA) is 15.3 Å². The van der Waals surface area contributed by atoms with Crippen molar-refractivity contribution >= 4 is 6.98 Å². The molecule has 66 valence electrons. The second-order valence-electron chi connectivity index (χ2n) is 2.76. The van der Waals surface area contributed by atoms with Gasteiger partial charge in [0.25, 0.3) is 0 Å². The van der Waals surface area contributed by atoms with Crippen LogP contribution in [0.3, 0.4) is 0 Å². The summed E-state index contributed by atoms with van der Waals surface area (Å²) in [6.45, 7) is -2.25. The Bertz CT molecular complexity index is 121. The van der Waals surface area contributed by atoms with Crippen LogP contribution < -0.4 is 5.32 Å². The molecule has 1 heterocycles. The van der Waals surface area contributed by atoms with Crippen LogP contribution in [0.25, 0.3) is 0 Å². The molecule has 0 aliphatic carbocycles. The van der Waals surface area contributed by atoms with Gasteiger partial charge in [0.1, 0.15) is 0 Å². The Balaban J connectivity index is 2.24. The van der Waals surface area contributed by atoms with Crippen molar-refractivity contribution in [1.29, 1.82) is 0 Å².